The van der Waals surface area contributed by atoms with Crippen LogP contribution >= 0.6 is 35.6 Å². The van der Waals surface area contributed by atoms with E-state index in [9.17, 15) is 0 Å². The van der Waals surface area contributed by atoms with Crippen molar-refractivity contribution in [3.8, 4) is 0 Å². The van der Waals surface area contributed by atoms with Crippen LogP contribution in [0.3, 0.4) is 0 Å². The number of rotatable bonds is 8. The maximum Gasteiger partial charge on any atom is 0.191 e. The monoisotopic (exact) mass is 550 g/mol. The van der Waals surface area contributed by atoms with E-state index < -0.39 is 0 Å². The van der Waals surface area contributed by atoms with Crippen LogP contribution in [-0.2, 0) is 9.47 Å². The largest absolute Gasteiger partial charge is 0.381 e. The number of hydrogen-bond donors (Lipinski definition) is 2. The van der Waals surface area contributed by atoms with Gasteiger partial charge in [-0.3, -0.25) is 4.99 Å². The third-order valence-corrected chi connectivity index (χ3v) is 5.97. The number of nitrogens with one attached hydrogen (secondary N) is 2. The average Bonchev–Trinajstić information content (AvgIpc) is 3.23. The highest BCUT2D eigenvalue weighted by Crippen LogP contribution is 2.21. The first-order valence-corrected chi connectivity index (χ1v) is 11.2. The van der Waals surface area contributed by atoms with Gasteiger partial charge in [-0.05, 0) is 49.8 Å². The van der Waals surface area contributed by atoms with Crippen molar-refractivity contribution in [2.24, 2.45) is 10.9 Å². The molecule has 0 bridgehead atoms. The number of halogens is 2. The maximum atomic E-state index is 6.13. The normalized spacial score (nSPS) is 21.8. The van der Waals surface area contributed by atoms with E-state index in [0.717, 1.165) is 68.2 Å². The fourth-order valence-electron chi connectivity index (χ4n) is 4.06. The van der Waals surface area contributed by atoms with Crippen LogP contribution in [-0.4, -0.2) is 69.9 Å². The predicted octanol–water partition coefficient (Wildman–Crippen LogP) is 3.70. The maximum absolute atomic E-state index is 6.13. The van der Waals surface area contributed by atoms with Crippen LogP contribution in [0.4, 0.5) is 0 Å². The molecule has 2 fully saturated rings. The summed E-state index contributed by atoms with van der Waals surface area (Å²) in [6, 6.07) is 8.25. The van der Waals surface area contributed by atoms with Gasteiger partial charge < -0.3 is 25.0 Å². The number of ether oxygens (including phenoxy) is 2. The standard InChI is InChI=1S/C22H35ClN4O2.HI/c1-3-24-22(25-14-21(28-2)18-5-4-6-19(23)13-18)26-20-7-10-27(11-8-20)15-17-9-12-29-16-17;/h4-6,13,17,20-21H,3,7-12,14-16H2,1-2H3,(H2,24,25,26);1H. The van der Waals surface area contributed by atoms with Crippen molar-refractivity contribution < 1.29 is 9.47 Å². The first-order valence-electron chi connectivity index (χ1n) is 10.8. The van der Waals surface area contributed by atoms with Crippen molar-refractivity contribution in [2.45, 2.75) is 38.3 Å². The number of hydrogen-bond acceptors (Lipinski definition) is 4. The van der Waals surface area contributed by atoms with E-state index in [1.54, 1.807) is 7.11 Å². The van der Waals surface area contributed by atoms with Crippen molar-refractivity contribution >= 4 is 41.5 Å². The molecule has 0 aromatic heterocycles. The highest BCUT2D eigenvalue weighted by Gasteiger charge is 2.24. The van der Waals surface area contributed by atoms with Gasteiger partial charge in [-0.25, -0.2) is 0 Å². The molecule has 2 N–H and O–H groups in total. The van der Waals surface area contributed by atoms with Gasteiger partial charge in [0.2, 0.25) is 0 Å². The Morgan fingerprint density at radius 2 is 2.13 bits per heavy atom. The quantitative estimate of drug-likeness (QED) is 0.294. The molecule has 8 heteroatoms. The number of aliphatic imine (C=N–C) groups is 1. The van der Waals surface area contributed by atoms with Gasteiger partial charge in [-0.2, -0.15) is 0 Å². The van der Waals surface area contributed by atoms with Crippen LogP contribution in [0.1, 0.15) is 37.9 Å². The lowest BCUT2D eigenvalue weighted by molar-refractivity contribution is 0.111. The first-order chi connectivity index (χ1) is 14.2. The van der Waals surface area contributed by atoms with E-state index in [-0.39, 0.29) is 30.1 Å². The molecule has 170 valence electrons. The minimum Gasteiger partial charge on any atom is -0.381 e. The summed E-state index contributed by atoms with van der Waals surface area (Å²) in [5, 5.41) is 7.71. The molecular formula is C22H36ClIN4O2. The van der Waals surface area contributed by atoms with Crippen LogP contribution in [0, 0.1) is 5.92 Å². The molecule has 0 amide bonds. The number of piperidine rings is 1. The molecule has 2 heterocycles. The third kappa shape index (κ3) is 8.15. The van der Waals surface area contributed by atoms with Gasteiger partial charge in [0.25, 0.3) is 0 Å². The molecule has 2 atom stereocenters. The Labute approximate surface area is 203 Å². The van der Waals surface area contributed by atoms with Gasteiger partial charge in [0.05, 0.1) is 13.2 Å². The summed E-state index contributed by atoms with van der Waals surface area (Å²) in [6.45, 7) is 8.79. The van der Waals surface area contributed by atoms with Crippen LogP contribution in [0.5, 0.6) is 0 Å². The van der Waals surface area contributed by atoms with E-state index in [1.807, 2.05) is 24.3 Å². The van der Waals surface area contributed by atoms with E-state index in [0.29, 0.717) is 12.6 Å². The smallest absolute Gasteiger partial charge is 0.191 e. The fourth-order valence-corrected chi connectivity index (χ4v) is 4.26. The van der Waals surface area contributed by atoms with Crippen molar-refractivity contribution in [3.05, 3.63) is 34.9 Å². The Morgan fingerprint density at radius 3 is 2.77 bits per heavy atom. The summed E-state index contributed by atoms with van der Waals surface area (Å²) in [5.41, 5.74) is 1.05. The zero-order valence-corrected chi connectivity index (χ0v) is 21.2. The molecule has 2 saturated heterocycles. The Balaban J connectivity index is 0.00000320. The molecule has 0 saturated carbocycles. The van der Waals surface area contributed by atoms with Crippen molar-refractivity contribution in [3.63, 3.8) is 0 Å². The second kappa shape index (κ2) is 13.7. The number of guanidine groups is 1. The summed E-state index contributed by atoms with van der Waals surface area (Å²) in [6.07, 6.45) is 3.38. The highest BCUT2D eigenvalue weighted by atomic mass is 127. The number of likely N-dealkylation sites (tertiary alicyclic amines) is 1. The number of nitrogens with zero attached hydrogens (tertiary/aromatic N) is 2. The van der Waals surface area contributed by atoms with Gasteiger partial charge >= 0.3 is 0 Å². The molecule has 1 aromatic rings. The molecule has 3 rings (SSSR count). The van der Waals surface area contributed by atoms with Crippen molar-refractivity contribution in [2.75, 3.05) is 53.0 Å². The SMILES string of the molecule is CCNC(=NCC(OC)c1cccc(Cl)c1)NC1CCN(CC2CCOC2)CC1.I. The van der Waals surface area contributed by atoms with Gasteiger partial charge in [0.1, 0.15) is 6.10 Å². The molecular weight excluding hydrogens is 515 g/mol. The van der Waals surface area contributed by atoms with Crippen LogP contribution in [0.2, 0.25) is 5.02 Å². The molecule has 2 aliphatic rings. The van der Waals surface area contributed by atoms with Crippen LogP contribution < -0.4 is 10.6 Å². The lowest BCUT2D eigenvalue weighted by Gasteiger charge is -2.34. The molecule has 0 aliphatic carbocycles. The summed E-state index contributed by atoms with van der Waals surface area (Å²) >= 11 is 6.13. The number of methoxy groups -OCH3 is 1. The van der Waals surface area contributed by atoms with Gasteiger partial charge in [-0.1, -0.05) is 23.7 Å². The van der Waals surface area contributed by atoms with E-state index >= 15 is 0 Å². The molecule has 6 nitrogen and oxygen atoms in total. The topological polar surface area (TPSA) is 58.1 Å². The third-order valence-electron chi connectivity index (χ3n) is 5.73. The molecule has 30 heavy (non-hydrogen) atoms. The fraction of sp³-hybridized carbons (Fsp3) is 0.682. The summed E-state index contributed by atoms with van der Waals surface area (Å²) < 4.78 is 11.2. The second-order valence-electron chi connectivity index (χ2n) is 7.95. The molecule has 2 unspecified atom stereocenters. The van der Waals surface area contributed by atoms with E-state index in [1.165, 1.54) is 13.0 Å². The lowest BCUT2D eigenvalue weighted by atomic mass is 10.0. The average molecular weight is 551 g/mol. The van der Waals surface area contributed by atoms with Gasteiger partial charge in [-0.15, -0.1) is 24.0 Å². The Morgan fingerprint density at radius 1 is 1.33 bits per heavy atom. The van der Waals surface area contributed by atoms with Crippen LogP contribution in [0.25, 0.3) is 0 Å². The predicted molar refractivity (Wildman–Crippen MR) is 134 cm³/mol. The first kappa shape index (κ1) is 25.6. The van der Waals surface area contributed by atoms with Gasteiger partial charge in [0.15, 0.2) is 5.96 Å². The Kier molecular flexibility index (Phi) is 11.7. The summed E-state index contributed by atoms with van der Waals surface area (Å²) in [5.74, 6) is 1.58. The summed E-state index contributed by atoms with van der Waals surface area (Å²) in [7, 11) is 1.71. The molecule has 2 aliphatic heterocycles. The Bertz CT molecular complexity index is 650. The highest BCUT2D eigenvalue weighted by molar-refractivity contribution is 14.0. The zero-order valence-electron chi connectivity index (χ0n) is 18.1. The molecule has 0 radical (unpaired) electrons. The Hall–Kier alpha value is -0.610. The van der Waals surface area contributed by atoms with Crippen molar-refractivity contribution in [1.29, 1.82) is 0 Å². The van der Waals surface area contributed by atoms with E-state index in [4.69, 9.17) is 26.1 Å². The van der Waals surface area contributed by atoms with Crippen molar-refractivity contribution in [1.82, 2.24) is 15.5 Å². The molecule has 0 spiro atoms. The lowest BCUT2D eigenvalue weighted by Crippen LogP contribution is -2.49. The number of benzene rings is 1. The van der Waals surface area contributed by atoms with Gasteiger partial charge in [0, 0.05) is 51.0 Å². The minimum absolute atomic E-state index is 0. The van der Waals surface area contributed by atoms with Crippen LogP contribution in [0.15, 0.2) is 29.3 Å². The zero-order chi connectivity index (χ0) is 20.5. The second-order valence-corrected chi connectivity index (χ2v) is 8.38. The minimum atomic E-state index is -0.111. The molecule has 1 aromatic carbocycles. The van der Waals surface area contributed by atoms with E-state index in [2.05, 4.69) is 22.5 Å². The summed E-state index contributed by atoms with van der Waals surface area (Å²) in [4.78, 5) is 7.37.